The molecule has 2 heterocycles. The van der Waals surface area contributed by atoms with Crippen LogP contribution in [-0.2, 0) is 0 Å². The van der Waals surface area contributed by atoms with Crippen molar-refractivity contribution in [3.63, 3.8) is 0 Å². The molecule has 1 unspecified atom stereocenters. The molecule has 0 bridgehead atoms. The van der Waals surface area contributed by atoms with Crippen LogP contribution in [0.5, 0.6) is 0 Å². The summed E-state index contributed by atoms with van der Waals surface area (Å²) in [5, 5.41) is 3.51. The summed E-state index contributed by atoms with van der Waals surface area (Å²) in [7, 11) is 0. The molecule has 0 aromatic carbocycles. The molecule has 1 saturated heterocycles. The fourth-order valence-electron chi connectivity index (χ4n) is 2.23. The molecule has 0 spiro atoms. The number of piperazine rings is 1. The van der Waals surface area contributed by atoms with Crippen LogP contribution in [0.2, 0.25) is 0 Å². The van der Waals surface area contributed by atoms with Crippen molar-refractivity contribution in [3.05, 3.63) is 17.8 Å². The zero-order valence-corrected chi connectivity index (χ0v) is 10.6. The lowest BCUT2D eigenvalue weighted by molar-refractivity contribution is 0.102. The summed E-state index contributed by atoms with van der Waals surface area (Å²) in [5.74, 6) is 1.71. The molecular weight excluding hydrogens is 202 g/mol. The van der Waals surface area contributed by atoms with Crippen molar-refractivity contribution in [2.45, 2.75) is 39.3 Å². The van der Waals surface area contributed by atoms with E-state index in [0.29, 0.717) is 0 Å². The summed E-state index contributed by atoms with van der Waals surface area (Å²) in [6.07, 6.45) is 1.79. The van der Waals surface area contributed by atoms with Gasteiger partial charge in [-0.05, 0) is 27.7 Å². The molecule has 1 aromatic heterocycles. The van der Waals surface area contributed by atoms with Gasteiger partial charge >= 0.3 is 0 Å². The molecule has 1 fully saturated rings. The first-order valence-corrected chi connectivity index (χ1v) is 5.89. The minimum atomic E-state index is 0.175. The molecule has 0 radical (unpaired) electrons. The van der Waals surface area contributed by atoms with Crippen molar-refractivity contribution in [2.24, 2.45) is 0 Å². The Bertz CT molecular complexity index is 359. The third-order valence-electron chi connectivity index (χ3n) is 3.15. The summed E-state index contributed by atoms with van der Waals surface area (Å²) in [4.78, 5) is 6.73. The first-order valence-electron chi connectivity index (χ1n) is 5.89. The van der Waals surface area contributed by atoms with Crippen molar-refractivity contribution in [1.29, 1.82) is 0 Å². The van der Waals surface area contributed by atoms with E-state index < -0.39 is 0 Å². The molecule has 0 amide bonds. The fourth-order valence-corrected chi connectivity index (χ4v) is 2.23. The van der Waals surface area contributed by atoms with Gasteiger partial charge in [-0.25, -0.2) is 4.98 Å². The van der Waals surface area contributed by atoms with Crippen LogP contribution in [0.4, 0.5) is 0 Å². The minimum Gasteiger partial charge on any atom is -0.444 e. The highest BCUT2D eigenvalue weighted by atomic mass is 16.4. The van der Waals surface area contributed by atoms with Gasteiger partial charge in [-0.3, -0.25) is 4.90 Å². The zero-order valence-electron chi connectivity index (χ0n) is 10.6. The standard InChI is InChI=1S/C12H21N3O/c1-9-7-13-11(16-9)10(2)15-6-5-14-12(3,4)8-15/h7,10,14H,5-6,8H2,1-4H3. The summed E-state index contributed by atoms with van der Waals surface area (Å²) >= 11 is 0. The molecule has 16 heavy (non-hydrogen) atoms. The van der Waals surface area contributed by atoms with Crippen LogP contribution in [0.1, 0.15) is 38.5 Å². The van der Waals surface area contributed by atoms with E-state index in [4.69, 9.17) is 4.42 Å². The van der Waals surface area contributed by atoms with Crippen LogP contribution >= 0.6 is 0 Å². The first kappa shape index (κ1) is 11.6. The SMILES string of the molecule is Cc1cnc(C(C)N2CCNC(C)(C)C2)o1. The Morgan fingerprint density at radius 2 is 2.31 bits per heavy atom. The molecule has 90 valence electrons. The van der Waals surface area contributed by atoms with Gasteiger partial charge in [0.1, 0.15) is 5.76 Å². The van der Waals surface area contributed by atoms with Gasteiger partial charge in [0.15, 0.2) is 0 Å². The fraction of sp³-hybridized carbons (Fsp3) is 0.750. The van der Waals surface area contributed by atoms with Crippen molar-refractivity contribution < 1.29 is 4.42 Å². The lowest BCUT2D eigenvalue weighted by Crippen LogP contribution is -2.57. The molecule has 1 N–H and O–H groups in total. The van der Waals surface area contributed by atoms with Crippen molar-refractivity contribution in [1.82, 2.24) is 15.2 Å². The van der Waals surface area contributed by atoms with E-state index in [2.05, 4.69) is 36.0 Å². The van der Waals surface area contributed by atoms with Crippen LogP contribution in [0.3, 0.4) is 0 Å². The highest BCUT2D eigenvalue weighted by Crippen LogP contribution is 2.23. The third-order valence-corrected chi connectivity index (χ3v) is 3.15. The predicted octanol–water partition coefficient (Wildman–Crippen LogP) is 1.73. The molecule has 0 aliphatic carbocycles. The summed E-state index contributed by atoms with van der Waals surface area (Å²) in [6, 6.07) is 0.259. The van der Waals surface area contributed by atoms with Gasteiger partial charge < -0.3 is 9.73 Å². The topological polar surface area (TPSA) is 41.3 Å². The third kappa shape index (κ3) is 2.44. The Labute approximate surface area is 97.0 Å². The van der Waals surface area contributed by atoms with Gasteiger partial charge in [-0.15, -0.1) is 0 Å². The number of aryl methyl sites for hydroxylation is 1. The Balaban J connectivity index is 2.07. The van der Waals surface area contributed by atoms with E-state index >= 15 is 0 Å². The Morgan fingerprint density at radius 3 is 2.88 bits per heavy atom. The lowest BCUT2D eigenvalue weighted by atomic mass is 10.0. The second-order valence-electron chi connectivity index (χ2n) is 5.27. The van der Waals surface area contributed by atoms with E-state index in [-0.39, 0.29) is 11.6 Å². The van der Waals surface area contributed by atoms with Gasteiger partial charge in [0.2, 0.25) is 5.89 Å². The van der Waals surface area contributed by atoms with Gasteiger partial charge in [-0.2, -0.15) is 0 Å². The van der Waals surface area contributed by atoms with Gasteiger partial charge in [0.25, 0.3) is 0 Å². The highest BCUT2D eigenvalue weighted by molar-refractivity contribution is 4.98. The number of nitrogens with zero attached hydrogens (tertiary/aromatic N) is 2. The second kappa shape index (κ2) is 4.18. The quantitative estimate of drug-likeness (QED) is 0.829. The van der Waals surface area contributed by atoms with Crippen LogP contribution in [0.25, 0.3) is 0 Å². The van der Waals surface area contributed by atoms with Crippen LogP contribution in [0, 0.1) is 6.92 Å². The molecule has 0 saturated carbocycles. The van der Waals surface area contributed by atoms with Crippen molar-refractivity contribution >= 4 is 0 Å². The summed E-state index contributed by atoms with van der Waals surface area (Å²) in [6.45, 7) is 11.6. The number of oxazole rings is 1. The maximum Gasteiger partial charge on any atom is 0.211 e. The van der Waals surface area contributed by atoms with E-state index in [1.54, 1.807) is 6.20 Å². The first-order chi connectivity index (χ1) is 7.48. The predicted molar refractivity (Wildman–Crippen MR) is 63.3 cm³/mol. The number of rotatable bonds is 2. The van der Waals surface area contributed by atoms with Gasteiger partial charge in [-0.1, -0.05) is 0 Å². The maximum absolute atomic E-state index is 5.59. The minimum absolute atomic E-state index is 0.175. The van der Waals surface area contributed by atoms with E-state index in [1.807, 2.05) is 6.92 Å². The average Bonchev–Trinajstić information content (AvgIpc) is 2.62. The number of aromatic nitrogens is 1. The van der Waals surface area contributed by atoms with Crippen LogP contribution < -0.4 is 5.32 Å². The number of hydrogen-bond donors (Lipinski definition) is 1. The van der Waals surface area contributed by atoms with Gasteiger partial charge in [0, 0.05) is 25.2 Å². The molecular formula is C12H21N3O. The number of hydrogen-bond acceptors (Lipinski definition) is 4. The van der Waals surface area contributed by atoms with Crippen LogP contribution in [-0.4, -0.2) is 35.1 Å². The normalized spacial score (nSPS) is 23.2. The molecule has 1 aliphatic heterocycles. The van der Waals surface area contributed by atoms with E-state index in [1.165, 1.54) is 0 Å². The zero-order chi connectivity index (χ0) is 11.8. The molecule has 1 atom stereocenters. The molecule has 4 nitrogen and oxygen atoms in total. The Morgan fingerprint density at radius 1 is 1.56 bits per heavy atom. The second-order valence-corrected chi connectivity index (χ2v) is 5.27. The molecule has 4 heteroatoms. The van der Waals surface area contributed by atoms with Crippen LogP contribution in [0.15, 0.2) is 10.6 Å². The highest BCUT2D eigenvalue weighted by Gasteiger charge is 2.30. The Hall–Kier alpha value is -0.870. The maximum atomic E-state index is 5.59. The number of nitrogens with one attached hydrogen (secondary N) is 1. The van der Waals surface area contributed by atoms with Crippen molar-refractivity contribution in [3.8, 4) is 0 Å². The molecule has 1 aromatic rings. The van der Waals surface area contributed by atoms with E-state index in [0.717, 1.165) is 31.3 Å². The molecule has 1 aliphatic rings. The largest absolute Gasteiger partial charge is 0.444 e. The smallest absolute Gasteiger partial charge is 0.211 e. The average molecular weight is 223 g/mol. The lowest BCUT2D eigenvalue weighted by Gasteiger charge is -2.41. The molecule has 2 rings (SSSR count). The monoisotopic (exact) mass is 223 g/mol. The summed E-state index contributed by atoms with van der Waals surface area (Å²) in [5.41, 5.74) is 0.175. The van der Waals surface area contributed by atoms with Crippen molar-refractivity contribution in [2.75, 3.05) is 19.6 Å². The van der Waals surface area contributed by atoms with E-state index in [9.17, 15) is 0 Å². The summed E-state index contributed by atoms with van der Waals surface area (Å²) < 4.78 is 5.59. The van der Waals surface area contributed by atoms with Gasteiger partial charge in [0.05, 0.1) is 12.2 Å². The Kier molecular flexibility index (Phi) is 3.04.